The van der Waals surface area contributed by atoms with Gasteiger partial charge in [0.05, 0.1) is 17.3 Å². The van der Waals surface area contributed by atoms with E-state index in [1.165, 1.54) is 18.2 Å². The maximum absolute atomic E-state index is 13.1. The van der Waals surface area contributed by atoms with E-state index in [2.05, 4.69) is 10.6 Å². The Balaban J connectivity index is 1.62. The molecule has 0 radical (unpaired) electrons. The molecule has 2 N–H and O–H groups in total. The number of carbonyl (C=O) groups excluding carboxylic acids is 1. The van der Waals surface area contributed by atoms with Crippen LogP contribution >= 0.6 is 11.6 Å². The summed E-state index contributed by atoms with van der Waals surface area (Å²) in [6.45, 7) is 0.927. The molecule has 0 fully saturated rings. The summed E-state index contributed by atoms with van der Waals surface area (Å²) < 4.78 is 24.0. The molecule has 0 aliphatic carbocycles. The molecule has 1 amide bonds. The summed E-state index contributed by atoms with van der Waals surface area (Å²) >= 11 is 6.15. The largest absolute Gasteiger partial charge is 0.486 e. The summed E-state index contributed by atoms with van der Waals surface area (Å²) in [6.07, 6.45) is 0. The van der Waals surface area contributed by atoms with Crippen LogP contribution in [0.1, 0.15) is 0 Å². The summed E-state index contributed by atoms with van der Waals surface area (Å²) in [5, 5.41) is 5.94. The average molecular weight is 337 g/mol. The van der Waals surface area contributed by atoms with Gasteiger partial charge in [-0.05, 0) is 18.2 Å². The van der Waals surface area contributed by atoms with E-state index in [1.807, 2.05) is 0 Å². The molecule has 1 aliphatic rings. The third kappa shape index (κ3) is 3.84. The van der Waals surface area contributed by atoms with Gasteiger partial charge in [0.25, 0.3) is 0 Å². The Morgan fingerprint density at radius 2 is 1.91 bits per heavy atom. The summed E-state index contributed by atoms with van der Waals surface area (Å²) in [4.78, 5) is 11.9. The lowest BCUT2D eigenvalue weighted by Gasteiger charge is -2.20. The molecule has 0 aromatic heterocycles. The minimum Gasteiger partial charge on any atom is -0.486 e. The van der Waals surface area contributed by atoms with Gasteiger partial charge in [0, 0.05) is 17.8 Å². The normalized spacial score (nSPS) is 12.6. The summed E-state index contributed by atoms with van der Waals surface area (Å²) in [7, 11) is 0. The van der Waals surface area contributed by atoms with Crippen LogP contribution in [-0.2, 0) is 4.79 Å². The highest BCUT2D eigenvalue weighted by molar-refractivity contribution is 6.33. The molecular weight excluding hydrogens is 323 g/mol. The highest BCUT2D eigenvalue weighted by atomic mass is 35.5. The zero-order valence-electron chi connectivity index (χ0n) is 12.1. The molecule has 0 bridgehead atoms. The van der Waals surface area contributed by atoms with Crippen LogP contribution < -0.4 is 20.1 Å². The van der Waals surface area contributed by atoms with Gasteiger partial charge in [-0.3, -0.25) is 4.79 Å². The molecule has 23 heavy (non-hydrogen) atoms. The Morgan fingerprint density at radius 3 is 2.65 bits per heavy atom. The number of hydrogen-bond acceptors (Lipinski definition) is 4. The first-order valence-electron chi connectivity index (χ1n) is 7.00. The lowest BCUT2D eigenvalue weighted by molar-refractivity contribution is -0.114. The van der Waals surface area contributed by atoms with Crippen LogP contribution in [-0.4, -0.2) is 25.7 Å². The van der Waals surface area contributed by atoms with Gasteiger partial charge in [0.15, 0.2) is 11.5 Å². The molecule has 0 spiro atoms. The second kappa shape index (κ2) is 6.75. The Kier molecular flexibility index (Phi) is 4.52. The number of fused-ring (bicyclic) bond motifs is 1. The Morgan fingerprint density at radius 1 is 1.17 bits per heavy atom. The van der Waals surface area contributed by atoms with E-state index in [-0.39, 0.29) is 12.5 Å². The van der Waals surface area contributed by atoms with Crippen molar-refractivity contribution < 1.29 is 18.7 Å². The molecule has 0 atom stereocenters. The quantitative estimate of drug-likeness (QED) is 0.899. The van der Waals surface area contributed by atoms with Gasteiger partial charge in [-0.25, -0.2) is 4.39 Å². The molecule has 1 aliphatic heterocycles. The molecule has 5 nitrogen and oxygen atoms in total. The van der Waals surface area contributed by atoms with Crippen LogP contribution in [0.15, 0.2) is 36.4 Å². The van der Waals surface area contributed by atoms with Crippen molar-refractivity contribution in [3.63, 3.8) is 0 Å². The standard InChI is InChI=1S/C16H14ClFN2O3/c17-12-7-14-15(23-5-4-22-14)8-13(12)19-9-16(21)20-11-3-1-2-10(18)6-11/h1-3,6-8,19H,4-5,9H2,(H,20,21). The average Bonchev–Trinajstić information content (AvgIpc) is 2.53. The van der Waals surface area contributed by atoms with E-state index < -0.39 is 5.82 Å². The van der Waals surface area contributed by atoms with Crippen molar-refractivity contribution in [2.45, 2.75) is 0 Å². The lowest BCUT2D eigenvalue weighted by Crippen LogP contribution is -2.22. The maximum Gasteiger partial charge on any atom is 0.243 e. The van der Waals surface area contributed by atoms with Crippen molar-refractivity contribution in [3.8, 4) is 11.5 Å². The van der Waals surface area contributed by atoms with Crippen LogP contribution in [0.25, 0.3) is 0 Å². The Labute approximate surface area is 137 Å². The van der Waals surface area contributed by atoms with Crippen LogP contribution in [0.4, 0.5) is 15.8 Å². The van der Waals surface area contributed by atoms with Crippen LogP contribution in [0.5, 0.6) is 11.5 Å². The van der Waals surface area contributed by atoms with E-state index in [0.29, 0.717) is 41.1 Å². The number of benzene rings is 2. The molecule has 0 saturated carbocycles. The number of rotatable bonds is 4. The fourth-order valence-electron chi connectivity index (χ4n) is 2.15. The summed E-state index contributed by atoms with van der Waals surface area (Å²) in [6, 6.07) is 9.01. The number of hydrogen-bond donors (Lipinski definition) is 2. The second-order valence-electron chi connectivity index (χ2n) is 4.89. The molecule has 2 aromatic rings. The molecule has 0 unspecified atom stereocenters. The van der Waals surface area contributed by atoms with Crippen molar-refractivity contribution in [1.82, 2.24) is 0 Å². The SMILES string of the molecule is O=C(CNc1cc2c(cc1Cl)OCCO2)Nc1cccc(F)c1. The number of anilines is 2. The third-order valence-corrected chi connectivity index (χ3v) is 3.49. The van der Waals surface area contributed by atoms with Gasteiger partial charge in [-0.15, -0.1) is 0 Å². The topological polar surface area (TPSA) is 59.6 Å². The van der Waals surface area contributed by atoms with E-state index >= 15 is 0 Å². The smallest absolute Gasteiger partial charge is 0.243 e. The van der Waals surface area contributed by atoms with Crippen LogP contribution in [0.2, 0.25) is 5.02 Å². The minimum atomic E-state index is -0.411. The second-order valence-corrected chi connectivity index (χ2v) is 5.29. The number of amides is 1. The first-order valence-corrected chi connectivity index (χ1v) is 7.38. The fourth-order valence-corrected chi connectivity index (χ4v) is 2.37. The van der Waals surface area contributed by atoms with Crippen molar-refractivity contribution in [2.75, 3.05) is 30.4 Å². The number of halogens is 2. The van der Waals surface area contributed by atoms with Gasteiger partial charge in [-0.2, -0.15) is 0 Å². The highest BCUT2D eigenvalue weighted by Crippen LogP contribution is 2.37. The van der Waals surface area contributed by atoms with E-state index in [4.69, 9.17) is 21.1 Å². The summed E-state index contributed by atoms with van der Waals surface area (Å²) in [5.74, 6) is 0.428. The highest BCUT2D eigenvalue weighted by Gasteiger charge is 2.15. The lowest BCUT2D eigenvalue weighted by atomic mass is 10.2. The molecule has 2 aromatic carbocycles. The molecule has 7 heteroatoms. The summed E-state index contributed by atoms with van der Waals surface area (Å²) in [5.41, 5.74) is 0.954. The number of nitrogens with one attached hydrogen (secondary N) is 2. The molecule has 3 rings (SSSR count). The Bertz CT molecular complexity index is 739. The van der Waals surface area contributed by atoms with Gasteiger partial charge in [-0.1, -0.05) is 17.7 Å². The minimum absolute atomic E-state index is 0.0180. The van der Waals surface area contributed by atoms with E-state index in [9.17, 15) is 9.18 Å². The van der Waals surface area contributed by atoms with E-state index in [1.54, 1.807) is 18.2 Å². The molecule has 0 saturated heterocycles. The first-order chi connectivity index (χ1) is 11.1. The van der Waals surface area contributed by atoms with Crippen molar-refractivity contribution >= 4 is 28.9 Å². The van der Waals surface area contributed by atoms with Crippen molar-refractivity contribution in [3.05, 3.63) is 47.2 Å². The van der Waals surface area contributed by atoms with Crippen LogP contribution in [0, 0.1) is 5.82 Å². The first kappa shape index (κ1) is 15.4. The molecule has 120 valence electrons. The van der Waals surface area contributed by atoms with Crippen molar-refractivity contribution in [2.24, 2.45) is 0 Å². The maximum atomic E-state index is 13.1. The zero-order valence-corrected chi connectivity index (χ0v) is 12.8. The van der Waals surface area contributed by atoms with Gasteiger partial charge < -0.3 is 20.1 Å². The zero-order chi connectivity index (χ0) is 16.2. The van der Waals surface area contributed by atoms with E-state index in [0.717, 1.165) is 0 Å². The predicted molar refractivity (Wildman–Crippen MR) is 86.0 cm³/mol. The van der Waals surface area contributed by atoms with Gasteiger partial charge in [0.1, 0.15) is 19.0 Å². The molecule has 1 heterocycles. The van der Waals surface area contributed by atoms with Gasteiger partial charge in [0.2, 0.25) is 5.91 Å². The number of carbonyl (C=O) groups is 1. The Hall–Kier alpha value is -2.47. The van der Waals surface area contributed by atoms with Crippen molar-refractivity contribution in [1.29, 1.82) is 0 Å². The van der Waals surface area contributed by atoms with Crippen LogP contribution in [0.3, 0.4) is 0 Å². The predicted octanol–water partition coefficient (Wildman–Crippen LogP) is 3.30. The monoisotopic (exact) mass is 336 g/mol. The fraction of sp³-hybridized carbons (Fsp3) is 0.188. The third-order valence-electron chi connectivity index (χ3n) is 3.18. The molecular formula is C16H14ClFN2O3. The number of ether oxygens (including phenoxy) is 2. The van der Waals surface area contributed by atoms with Gasteiger partial charge >= 0.3 is 0 Å².